The summed E-state index contributed by atoms with van der Waals surface area (Å²) in [5.41, 5.74) is 7.42. The van der Waals surface area contributed by atoms with Gasteiger partial charge in [0.2, 0.25) is 5.43 Å². The first kappa shape index (κ1) is 18.9. The number of hydrogen-bond donors (Lipinski definition) is 1. The number of nitrogens with two attached hydrogens (primary N) is 1. The molecule has 5 rings (SSSR count). The summed E-state index contributed by atoms with van der Waals surface area (Å²) in [4.78, 5) is 26.1. The van der Waals surface area contributed by atoms with Gasteiger partial charge >= 0.3 is 0 Å². The number of nitrogens with zero attached hydrogens (tertiary/aromatic N) is 4. The van der Waals surface area contributed by atoms with E-state index < -0.39 is 11.9 Å². The summed E-state index contributed by atoms with van der Waals surface area (Å²) in [6.45, 7) is 1.95. The molecule has 154 valence electrons. The molecule has 0 aliphatic heterocycles. The molecule has 8 heteroatoms. The topological polar surface area (TPSA) is 99.8 Å². The highest BCUT2D eigenvalue weighted by molar-refractivity contribution is 5.84. The molecule has 31 heavy (non-hydrogen) atoms. The molecule has 0 saturated carbocycles. The third-order valence-corrected chi connectivity index (χ3v) is 5.38. The van der Waals surface area contributed by atoms with Crippen LogP contribution in [0.25, 0.3) is 33.3 Å². The second-order valence-corrected chi connectivity index (χ2v) is 7.15. The van der Waals surface area contributed by atoms with E-state index in [0.717, 1.165) is 0 Å². The molecule has 0 fully saturated rings. The molecule has 3 heterocycles. The number of para-hydroxylation sites is 1. The van der Waals surface area contributed by atoms with E-state index in [1.165, 1.54) is 12.4 Å². The maximum atomic E-state index is 14.8. The van der Waals surface area contributed by atoms with Crippen LogP contribution in [0.3, 0.4) is 0 Å². The van der Waals surface area contributed by atoms with Crippen molar-refractivity contribution in [3.05, 3.63) is 83.0 Å². The first-order valence-electron chi connectivity index (χ1n) is 9.83. The maximum Gasteiger partial charge on any atom is 0.200 e. The number of nitrogen functional groups attached to an aromatic ring is 1. The largest absolute Gasteiger partial charge is 0.458 e. The smallest absolute Gasteiger partial charge is 0.200 e. The van der Waals surface area contributed by atoms with Crippen LogP contribution >= 0.6 is 0 Å². The van der Waals surface area contributed by atoms with Gasteiger partial charge in [-0.2, -0.15) is 0 Å². The van der Waals surface area contributed by atoms with E-state index in [2.05, 4.69) is 15.0 Å². The molecule has 0 bridgehead atoms. The lowest BCUT2D eigenvalue weighted by molar-refractivity contribution is 0.438. The summed E-state index contributed by atoms with van der Waals surface area (Å²) in [7, 11) is 0. The molecule has 0 aliphatic rings. The molecule has 2 N–H and O–H groups in total. The van der Waals surface area contributed by atoms with Gasteiger partial charge in [0.25, 0.3) is 0 Å². The van der Waals surface area contributed by atoms with Gasteiger partial charge < -0.3 is 14.7 Å². The number of imidazole rings is 1. The Labute approximate surface area is 176 Å². The van der Waals surface area contributed by atoms with Crippen LogP contribution < -0.4 is 11.2 Å². The minimum Gasteiger partial charge on any atom is -0.458 e. The summed E-state index contributed by atoms with van der Waals surface area (Å²) < 4.78 is 22.8. The normalized spacial score (nSPS) is 12.5. The molecule has 0 amide bonds. The van der Waals surface area contributed by atoms with Gasteiger partial charge in [0.05, 0.1) is 23.3 Å². The molecule has 0 aliphatic carbocycles. The molecule has 5 aromatic rings. The molecule has 0 saturated heterocycles. The van der Waals surface area contributed by atoms with Crippen molar-refractivity contribution in [2.75, 3.05) is 5.73 Å². The van der Waals surface area contributed by atoms with Crippen molar-refractivity contribution in [1.29, 1.82) is 0 Å². The SMILES string of the molecule is CCC(c1oc2ccccc2c(=O)c1-c1ccccc1F)n1cnc2c(N)ncnc21. The predicted octanol–water partition coefficient (Wildman–Crippen LogP) is 4.32. The van der Waals surface area contributed by atoms with Crippen molar-refractivity contribution in [2.45, 2.75) is 19.4 Å². The van der Waals surface area contributed by atoms with Gasteiger partial charge in [0, 0.05) is 5.56 Å². The number of fused-ring (bicyclic) bond motifs is 2. The van der Waals surface area contributed by atoms with E-state index in [-0.39, 0.29) is 22.4 Å². The Hall–Kier alpha value is -4.07. The Morgan fingerprint density at radius 2 is 1.87 bits per heavy atom. The average Bonchev–Trinajstić information content (AvgIpc) is 3.21. The lowest BCUT2D eigenvalue weighted by Gasteiger charge is -2.20. The second-order valence-electron chi connectivity index (χ2n) is 7.15. The number of anilines is 1. The molecular formula is C23H18FN5O2. The number of halogens is 1. The van der Waals surface area contributed by atoms with Gasteiger partial charge in [-0.25, -0.2) is 19.3 Å². The van der Waals surface area contributed by atoms with Crippen LogP contribution in [0.2, 0.25) is 0 Å². The van der Waals surface area contributed by atoms with Gasteiger partial charge in [0.15, 0.2) is 11.5 Å². The zero-order valence-corrected chi connectivity index (χ0v) is 16.6. The first-order chi connectivity index (χ1) is 15.1. The molecule has 0 spiro atoms. The molecule has 2 aromatic carbocycles. The van der Waals surface area contributed by atoms with Crippen molar-refractivity contribution in [1.82, 2.24) is 19.5 Å². The van der Waals surface area contributed by atoms with E-state index in [1.807, 2.05) is 6.92 Å². The lowest BCUT2D eigenvalue weighted by atomic mass is 9.97. The Balaban J connectivity index is 1.86. The van der Waals surface area contributed by atoms with E-state index >= 15 is 0 Å². The zero-order valence-electron chi connectivity index (χ0n) is 16.6. The summed E-state index contributed by atoms with van der Waals surface area (Å²) in [5, 5.41) is 0.390. The monoisotopic (exact) mass is 415 g/mol. The third-order valence-electron chi connectivity index (χ3n) is 5.38. The molecule has 1 atom stereocenters. The van der Waals surface area contributed by atoms with E-state index in [9.17, 15) is 9.18 Å². The fourth-order valence-electron chi connectivity index (χ4n) is 3.92. The van der Waals surface area contributed by atoms with Crippen molar-refractivity contribution in [3.63, 3.8) is 0 Å². The summed E-state index contributed by atoms with van der Waals surface area (Å²) in [6, 6.07) is 12.7. The quantitative estimate of drug-likeness (QED) is 0.469. The number of hydrogen-bond acceptors (Lipinski definition) is 6. The maximum absolute atomic E-state index is 14.8. The van der Waals surface area contributed by atoms with Gasteiger partial charge in [-0.3, -0.25) is 4.79 Å². The Morgan fingerprint density at radius 3 is 2.68 bits per heavy atom. The minimum absolute atomic E-state index is 0.188. The van der Waals surface area contributed by atoms with Gasteiger partial charge in [0.1, 0.15) is 29.0 Å². The summed E-state index contributed by atoms with van der Waals surface area (Å²) in [6.07, 6.45) is 3.49. The van der Waals surface area contributed by atoms with E-state index in [1.54, 1.807) is 53.4 Å². The Morgan fingerprint density at radius 1 is 1.10 bits per heavy atom. The lowest BCUT2D eigenvalue weighted by Crippen LogP contribution is -2.17. The van der Waals surface area contributed by atoms with Gasteiger partial charge in [-0.1, -0.05) is 37.3 Å². The van der Waals surface area contributed by atoms with Crippen molar-refractivity contribution in [3.8, 4) is 11.1 Å². The van der Waals surface area contributed by atoms with Crippen LogP contribution in [0.1, 0.15) is 25.1 Å². The predicted molar refractivity (Wildman–Crippen MR) is 116 cm³/mol. The summed E-state index contributed by atoms with van der Waals surface area (Å²) in [5.74, 6) is 0.101. The van der Waals surface area contributed by atoms with Crippen LogP contribution in [-0.2, 0) is 0 Å². The van der Waals surface area contributed by atoms with Crippen LogP contribution in [0.15, 0.2) is 70.4 Å². The van der Waals surface area contributed by atoms with Crippen molar-refractivity contribution >= 4 is 28.0 Å². The molecular weight excluding hydrogens is 397 g/mol. The van der Waals surface area contributed by atoms with Gasteiger partial charge in [-0.05, 0) is 24.6 Å². The van der Waals surface area contributed by atoms with Crippen molar-refractivity contribution < 1.29 is 8.81 Å². The molecule has 1 unspecified atom stereocenters. The van der Waals surface area contributed by atoms with Crippen LogP contribution in [-0.4, -0.2) is 19.5 Å². The first-order valence-corrected chi connectivity index (χ1v) is 9.83. The highest BCUT2D eigenvalue weighted by atomic mass is 19.1. The Kier molecular flexibility index (Phi) is 4.47. The number of rotatable bonds is 4. The Bertz CT molecular complexity index is 1490. The highest BCUT2D eigenvalue weighted by Gasteiger charge is 2.27. The number of aromatic nitrogens is 4. The second kappa shape index (κ2) is 7.32. The van der Waals surface area contributed by atoms with E-state index in [0.29, 0.717) is 34.3 Å². The highest BCUT2D eigenvalue weighted by Crippen LogP contribution is 2.35. The van der Waals surface area contributed by atoms with Crippen molar-refractivity contribution in [2.24, 2.45) is 0 Å². The average molecular weight is 415 g/mol. The van der Waals surface area contributed by atoms with Crippen LogP contribution in [0, 0.1) is 5.82 Å². The number of benzene rings is 2. The molecule has 7 nitrogen and oxygen atoms in total. The minimum atomic E-state index is -0.497. The third kappa shape index (κ3) is 2.95. The zero-order chi connectivity index (χ0) is 21.5. The fourth-order valence-corrected chi connectivity index (χ4v) is 3.92. The van der Waals surface area contributed by atoms with Gasteiger partial charge in [-0.15, -0.1) is 0 Å². The fraction of sp³-hybridized carbons (Fsp3) is 0.130. The van der Waals surface area contributed by atoms with Crippen LogP contribution in [0.5, 0.6) is 0 Å². The summed E-state index contributed by atoms with van der Waals surface area (Å²) >= 11 is 0. The van der Waals surface area contributed by atoms with Crippen LogP contribution in [0.4, 0.5) is 10.2 Å². The molecule has 3 aromatic heterocycles. The standard InChI is InChI=1S/C23H18FN5O2/c1-2-16(29-12-28-19-22(25)26-11-27-23(19)29)21-18(13-7-3-5-9-15(13)24)20(30)14-8-4-6-10-17(14)31-21/h3-12,16H,2H2,1H3,(H2,25,26,27). The van der Waals surface area contributed by atoms with E-state index in [4.69, 9.17) is 10.2 Å². The molecule has 0 radical (unpaired) electrons.